The number of carbonyl (C=O) groups excluding carboxylic acids is 1. The number of amides is 1. The molecule has 2 aromatic rings. The number of fused-ring (bicyclic) bond motifs is 1. The summed E-state index contributed by atoms with van der Waals surface area (Å²) in [5, 5.41) is 12.3. The number of carbonyl (C=O) groups is 1. The first-order valence-electron chi connectivity index (χ1n) is 6.03. The van der Waals surface area contributed by atoms with E-state index < -0.39 is 17.5 Å². The lowest BCUT2D eigenvalue weighted by atomic mass is 10.1. The number of aromatic nitrogens is 1. The molecule has 0 spiro atoms. The number of rotatable bonds is 1. The topological polar surface area (TPSA) is 71.5 Å². The standard InChI is InChI=1S/C14H15FN2O3/c1-14(2,3)20-13(19)17-8-6-9-11(18)4-5-16-12(9)10(15)7-8/h4-7H,1-3H3,(H,16,18)(H,17,19). The lowest BCUT2D eigenvalue weighted by Gasteiger charge is -2.19. The van der Waals surface area contributed by atoms with E-state index in [9.17, 15) is 14.3 Å². The summed E-state index contributed by atoms with van der Waals surface area (Å²) in [4.78, 5) is 15.5. The fourth-order valence-corrected chi connectivity index (χ4v) is 1.69. The molecule has 1 heterocycles. The zero-order valence-electron chi connectivity index (χ0n) is 11.4. The summed E-state index contributed by atoms with van der Waals surface area (Å²) < 4.78 is 18.9. The lowest BCUT2D eigenvalue weighted by molar-refractivity contribution is 0.0636. The van der Waals surface area contributed by atoms with Crippen molar-refractivity contribution in [3.8, 4) is 5.75 Å². The van der Waals surface area contributed by atoms with Gasteiger partial charge in [-0.1, -0.05) is 0 Å². The van der Waals surface area contributed by atoms with Gasteiger partial charge in [0.2, 0.25) is 0 Å². The number of nitrogens with zero attached hydrogens (tertiary/aromatic N) is 1. The number of anilines is 1. The summed E-state index contributed by atoms with van der Waals surface area (Å²) in [6.45, 7) is 5.18. The Morgan fingerprint density at radius 3 is 2.75 bits per heavy atom. The third-order valence-electron chi connectivity index (χ3n) is 2.42. The molecule has 1 amide bonds. The first-order chi connectivity index (χ1) is 9.26. The minimum atomic E-state index is -0.695. The van der Waals surface area contributed by atoms with Crippen LogP contribution in [0.1, 0.15) is 20.8 Å². The fourth-order valence-electron chi connectivity index (χ4n) is 1.69. The van der Waals surface area contributed by atoms with Gasteiger partial charge >= 0.3 is 6.09 Å². The highest BCUT2D eigenvalue weighted by molar-refractivity contribution is 5.92. The number of aromatic hydroxyl groups is 1. The average Bonchev–Trinajstić information content (AvgIpc) is 2.28. The first kappa shape index (κ1) is 14.0. The summed E-state index contributed by atoms with van der Waals surface area (Å²) in [6, 6.07) is 3.91. The van der Waals surface area contributed by atoms with Gasteiger partial charge in [0.1, 0.15) is 16.9 Å². The smallest absolute Gasteiger partial charge is 0.412 e. The van der Waals surface area contributed by atoms with E-state index >= 15 is 0 Å². The Balaban J connectivity index is 2.32. The third-order valence-corrected chi connectivity index (χ3v) is 2.42. The van der Waals surface area contributed by atoms with Gasteiger partial charge in [-0.3, -0.25) is 10.3 Å². The molecule has 0 saturated heterocycles. The molecular weight excluding hydrogens is 263 g/mol. The first-order valence-corrected chi connectivity index (χ1v) is 6.03. The molecule has 0 atom stereocenters. The number of hydrogen-bond acceptors (Lipinski definition) is 4. The van der Waals surface area contributed by atoms with Crippen molar-refractivity contribution < 1.29 is 19.0 Å². The summed E-state index contributed by atoms with van der Waals surface area (Å²) in [5.41, 5.74) is -0.421. The van der Waals surface area contributed by atoms with Gasteiger partial charge in [0.25, 0.3) is 0 Å². The SMILES string of the molecule is CC(C)(C)OC(=O)Nc1cc(F)c2nccc(O)c2c1. The van der Waals surface area contributed by atoms with Crippen molar-refractivity contribution in [3.63, 3.8) is 0 Å². The average molecular weight is 278 g/mol. The van der Waals surface area contributed by atoms with Gasteiger partial charge in [-0.15, -0.1) is 0 Å². The molecule has 0 aliphatic rings. The molecule has 106 valence electrons. The molecule has 0 saturated carbocycles. The number of nitrogens with one attached hydrogen (secondary N) is 1. The van der Waals surface area contributed by atoms with Gasteiger partial charge in [0.05, 0.1) is 0 Å². The third kappa shape index (κ3) is 3.14. The predicted octanol–water partition coefficient (Wildman–Crippen LogP) is 3.43. The van der Waals surface area contributed by atoms with Gasteiger partial charge < -0.3 is 9.84 Å². The molecule has 2 N–H and O–H groups in total. The molecule has 0 bridgehead atoms. The maximum Gasteiger partial charge on any atom is 0.412 e. The van der Waals surface area contributed by atoms with E-state index in [-0.39, 0.29) is 22.3 Å². The van der Waals surface area contributed by atoms with E-state index in [1.807, 2.05) is 0 Å². The van der Waals surface area contributed by atoms with Crippen LogP contribution in [0.4, 0.5) is 14.9 Å². The van der Waals surface area contributed by atoms with Crippen molar-refractivity contribution >= 4 is 22.7 Å². The second-order valence-electron chi connectivity index (χ2n) is 5.31. The Kier molecular flexibility index (Phi) is 3.48. The highest BCUT2D eigenvalue weighted by atomic mass is 19.1. The molecule has 0 aliphatic heterocycles. The molecule has 1 aromatic heterocycles. The van der Waals surface area contributed by atoms with Gasteiger partial charge in [0.15, 0.2) is 5.82 Å². The van der Waals surface area contributed by atoms with Gasteiger partial charge in [-0.25, -0.2) is 9.18 Å². The Morgan fingerprint density at radius 1 is 1.40 bits per heavy atom. The van der Waals surface area contributed by atoms with Gasteiger partial charge in [-0.05, 0) is 39.0 Å². The highest BCUT2D eigenvalue weighted by Gasteiger charge is 2.17. The lowest BCUT2D eigenvalue weighted by Crippen LogP contribution is -2.27. The largest absolute Gasteiger partial charge is 0.507 e. The number of ether oxygens (including phenoxy) is 1. The van der Waals surface area contributed by atoms with E-state index in [4.69, 9.17) is 4.74 Å². The second kappa shape index (κ2) is 4.96. The van der Waals surface area contributed by atoms with Crippen LogP contribution in [0.5, 0.6) is 5.75 Å². The van der Waals surface area contributed by atoms with Crippen LogP contribution >= 0.6 is 0 Å². The van der Waals surface area contributed by atoms with E-state index in [1.165, 1.54) is 18.3 Å². The minimum absolute atomic E-state index is 0.0414. The van der Waals surface area contributed by atoms with Crippen LogP contribution in [0.3, 0.4) is 0 Å². The van der Waals surface area contributed by atoms with Crippen molar-refractivity contribution in [2.24, 2.45) is 0 Å². The molecule has 6 heteroatoms. The van der Waals surface area contributed by atoms with E-state index in [0.717, 1.165) is 6.07 Å². The zero-order valence-corrected chi connectivity index (χ0v) is 11.4. The zero-order chi connectivity index (χ0) is 14.9. The number of halogens is 1. The molecule has 2 rings (SSSR count). The molecule has 0 unspecified atom stereocenters. The molecular formula is C14H15FN2O3. The van der Waals surface area contributed by atoms with Crippen LogP contribution < -0.4 is 5.32 Å². The number of hydrogen-bond donors (Lipinski definition) is 2. The summed E-state index contributed by atoms with van der Waals surface area (Å²) in [7, 11) is 0. The maximum atomic E-state index is 13.8. The van der Waals surface area contributed by atoms with Crippen LogP contribution in [0, 0.1) is 5.82 Å². The predicted molar refractivity (Wildman–Crippen MR) is 73.2 cm³/mol. The maximum absolute atomic E-state index is 13.8. The van der Waals surface area contributed by atoms with Crippen molar-refractivity contribution in [1.82, 2.24) is 4.98 Å². The quantitative estimate of drug-likeness (QED) is 0.838. The summed E-state index contributed by atoms with van der Waals surface area (Å²) in [5.74, 6) is -0.744. The Hall–Kier alpha value is -2.37. The minimum Gasteiger partial charge on any atom is -0.507 e. The fraction of sp³-hybridized carbons (Fsp3) is 0.286. The van der Waals surface area contributed by atoms with Gasteiger partial charge in [0, 0.05) is 17.3 Å². The van der Waals surface area contributed by atoms with Crippen molar-refractivity contribution in [2.75, 3.05) is 5.32 Å². The molecule has 0 aliphatic carbocycles. The van der Waals surface area contributed by atoms with Crippen molar-refractivity contribution in [1.29, 1.82) is 0 Å². The van der Waals surface area contributed by atoms with Gasteiger partial charge in [-0.2, -0.15) is 0 Å². The van der Waals surface area contributed by atoms with Crippen molar-refractivity contribution in [3.05, 3.63) is 30.2 Å². The van der Waals surface area contributed by atoms with Crippen LogP contribution in [-0.2, 0) is 4.74 Å². The van der Waals surface area contributed by atoms with E-state index in [2.05, 4.69) is 10.3 Å². The molecule has 0 radical (unpaired) electrons. The Bertz CT molecular complexity index is 665. The van der Waals surface area contributed by atoms with Crippen LogP contribution in [-0.4, -0.2) is 21.8 Å². The second-order valence-corrected chi connectivity index (χ2v) is 5.31. The Labute approximate surface area is 115 Å². The molecule has 1 aromatic carbocycles. The number of pyridine rings is 1. The van der Waals surface area contributed by atoms with Crippen LogP contribution in [0.15, 0.2) is 24.4 Å². The van der Waals surface area contributed by atoms with Crippen LogP contribution in [0.2, 0.25) is 0 Å². The van der Waals surface area contributed by atoms with E-state index in [0.29, 0.717) is 0 Å². The highest BCUT2D eigenvalue weighted by Crippen LogP contribution is 2.28. The normalized spacial score (nSPS) is 11.4. The Morgan fingerprint density at radius 2 is 2.10 bits per heavy atom. The summed E-state index contributed by atoms with van der Waals surface area (Å²) in [6.07, 6.45) is 0.612. The number of benzene rings is 1. The molecule has 0 fully saturated rings. The summed E-state index contributed by atoms with van der Waals surface area (Å²) >= 11 is 0. The molecule has 5 nitrogen and oxygen atoms in total. The monoisotopic (exact) mass is 278 g/mol. The van der Waals surface area contributed by atoms with E-state index in [1.54, 1.807) is 20.8 Å². The molecule has 20 heavy (non-hydrogen) atoms. The van der Waals surface area contributed by atoms with Crippen LogP contribution in [0.25, 0.3) is 10.9 Å². The van der Waals surface area contributed by atoms with Crippen molar-refractivity contribution in [2.45, 2.75) is 26.4 Å².